The first-order chi connectivity index (χ1) is 11.0. The Bertz CT molecular complexity index is 663. The molecule has 0 aliphatic heterocycles. The number of carbonyl (C=O) groups is 1. The predicted molar refractivity (Wildman–Crippen MR) is 96.0 cm³/mol. The van der Waals surface area contributed by atoms with Crippen molar-refractivity contribution in [3.05, 3.63) is 40.7 Å². The Hall–Kier alpha value is -1.86. The van der Waals surface area contributed by atoms with Gasteiger partial charge in [0.2, 0.25) is 0 Å². The van der Waals surface area contributed by atoms with Crippen LogP contribution in [0, 0.1) is 5.92 Å². The Kier molecular flexibility index (Phi) is 6.18. The Morgan fingerprint density at radius 3 is 2.87 bits per heavy atom. The molecule has 2 aromatic rings. The summed E-state index contributed by atoms with van der Waals surface area (Å²) in [5.41, 5.74) is 1.54. The highest BCUT2D eigenvalue weighted by Crippen LogP contribution is 2.30. The summed E-state index contributed by atoms with van der Waals surface area (Å²) in [6.45, 7) is 4.71. The van der Waals surface area contributed by atoms with Crippen LogP contribution in [0.15, 0.2) is 28.2 Å². The smallest absolute Gasteiger partial charge is 0.341 e. The third-order valence-corrected chi connectivity index (χ3v) is 4.31. The molecule has 0 atom stereocenters. The molecule has 23 heavy (non-hydrogen) atoms. The fraction of sp³-hybridized carbons (Fsp3) is 0.375. The van der Waals surface area contributed by atoms with E-state index < -0.39 is 0 Å². The van der Waals surface area contributed by atoms with Gasteiger partial charge in [-0.3, -0.25) is 0 Å². The molecule has 0 saturated heterocycles. The van der Waals surface area contributed by atoms with Crippen LogP contribution >= 0.6 is 23.6 Å². The number of carbonyl (C=O) groups excluding carboxylic acids is 1. The molecule has 0 unspecified atom stereocenters. The van der Waals surface area contributed by atoms with Gasteiger partial charge >= 0.3 is 5.97 Å². The summed E-state index contributed by atoms with van der Waals surface area (Å²) < 4.78 is 10.1. The van der Waals surface area contributed by atoms with Crippen molar-refractivity contribution in [1.82, 2.24) is 5.32 Å². The summed E-state index contributed by atoms with van der Waals surface area (Å²) in [6, 6.07) is 3.68. The lowest BCUT2D eigenvalue weighted by Crippen LogP contribution is -2.28. The van der Waals surface area contributed by atoms with E-state index in [9.17, 15) is 4.79 Å². The summed E-state index contributed by atoms with van der Waals surface area (Å²) in [5.74, 6) is 0.886. The van der Waals surface area contributed by atoms with Crippen LogP contribution in [0.5, 0.6) is 0 Å². The quantitative estimate of drug-likeness (QED) is 0.609. The third kappa shape index (κ3) is 4.80. The number of hydrogen-bond donors (Lipinski definition) is 2. The van der Waals surface area contributed by atoms with Crippen molar-refractivity contribution in [3.63, 3.8) is 0 Å². The fourth-order valence-electron chi connectivity index (χ4n) is 2.13. The topological polar surface area (TPSA) is 63.5 Å². The van der Waals surface area contributed by atoms with Gasteiger partial charge in [0.25, 0.3) is 0 Å². The minimum atomic E-state index is -0.349. The first-order valence-corrected chi connectivity index (χ1v) is 8.56. The third-order valence-electron chi connectivity index (χ3n) is 3.12. The molecule has 0 aliphatic carbocycles. The van der Waals surface area contributed by atoms with Crippen molar-refractivity contribution >= 4 is 39.6 Å². The zero-order chi connectivity index (χ0) is 16.8. The van der Waals surface area contributed by atoms with Gasteiger partial charge in [-0.25, -0.2) is 4.79 Å². The first-order valence-electron chi connectivity index (χ1n) is 7.27. The highest BCUT2D eigenvalue weighted by molar-refractivity contribution is 7.80. The van der Waals surface area contributed by atoms with E-state index in [0.717, 1.165) is 17.7 Å². The maximum atomic E-state index is 12.1. The SMILES string of the molecule is COC(=O)c1c(CC(C)C)csc1NC(=S)NCc1ccco1. The molecule has 2 aromatic heterocycles. The molecule has 5 nitrogen and oxygen atoms in total. The maximum Gasteiger partial charge on any atom is 0.341 e. The van der Waals surface area contributed by atoms with Gasteiger partial charge in [-0.05, 0) is 47.6 Å². The van der Waals surface area contributed by atoms with Crippen molar-refractivity contribution in [2.24, 2.45) is 5.92 Å². The molecule has 2 rings (SSSR count). The first kappa shape index (κ1) is 17.5. The lowest BCUT2D eigenvalue weighted by Gasteiger charge is -2.11. The van der Waals surface area contributed by atoms with Crippen LogP contribution < -0.4 is 10.6 Å². The zero-order valence-corrected chi connectivity index (χ0v) is 15.0. The summed E-state index contributed by atoms with van der Waals surface area (Å²) in [5, 5.41) is 9.24. The van der Waals surface area contributed by atoms with Crippen LogP contribution in [0.2, 0.25) is 0 Å². The van der Waals surface area contributed by atoms with Crippen molar-refractivity contribution in [2.75, 3.05) is 12.4 Å². The van der Waals surface area contributed by atoms with E-state index in [1.807, 2.05) is 17.5 Å². The molecule has 0 saturated carbocycles. The molecule has 0 amide bonds. The molecule has 0 radical (unpaired) electrons. The molecular weight excluding hydrogens is 332 g/mol. The minimum absolute atomic E-state index is 0.349. The molecule has 7 heteroatoms. The van der Waals surface area contributed by atoms with Gasteiger partial charge in [-0.2, -0.15) is 0 Å². The Labute approximate surface area is 145 Å². The zero-order valence-electron chi connectivity index (χ0n) is 13.3. The van der Waals surface area contributed by atoms with Gasteiger partial charge in [-0.15, -0.1) is 11.3 Å². The number of anilines is 1. The van der Waals surface area contributed by atoms with Crippen LogP contribution in [0.3, 0.4) is 0 Å². The number of hydrogen-bond acceptors (Lipinski definition) is 5. The van der Waals surface area contributed by atoms with Crippen LogP contribution in [-0.4, -0.2) is 18.2 Å². The lowest BCUT2D eigenvalue weighted by atomic mass is 10.0. The number of esters is 1. The molecule has 0 bridgehead atoms. The Balaban J connectivity index is 2.07. The van der Waals surface area contributed by atoms with Gasteiger partial charge in [0.05, 0.1) is 25.5 Å². The molecule has 0 spiro atoms. The van der Waals surface area contributed by atoms with E-state index in [2.05, 4.69) is 24.5 Å². The van der Waals surface area contributed by atoms with E-state index in [0.29, 0.717) is 28.1 Å². The molecule has 0 aromatic carbocycles. The van der Waals surface area contributed by atoms with Crippen LogP contribution in [0.4, 0.5) is 5.00 Å². The monoisotopic (exact) mass is 352 g/mol. The van der Waals surface area contributed by atoms with Crippen LogP contribution in [0.25, 0.3) is 0 Å². The number of methoxy groups -OCH3 is 1. The summed E-state index contributed by atoms with van der Waals surface area (Å²) in [7, 11) is 1.39. The summed E-state index contributed by atoms with van der Waals surface area (Å²) in [6.07, 6.45) is 2.43. The molecule has 2 N–H and O–H groups in total. The van der Waals surface area contributed by atoms with Crippen molar-refractivity contribution in [3.8, 4) is 0 Å². The number of thiophene rings is 1. The van der Waals surface area contributed by atoms with Crippen molar-refractivity contribution in [2.45, 2.75) is 26.8 Å². The number of thiocarbonyl (C=S) groups is 1. The summed E-state index contributed by atoms with van der Waals surface area (Å²) in [4.78, 5) is 12.1. The molecule has 124 valence electrons. The average molecular weight is 352 g/mol. The van der Waals surface area contributed by atoms with Crippen molar-refractivity contribution < 1.29 is 13.9 Å². The number of nitrogens with one attached hydrogen (secondary N) is 2. The second-order valence-electron chi connectivity index (χ2n) is 5.44. The molecule has 2 heterocycles. The minimum Gasteiger partial charge on any atom is -0.467 e. The van der Waals surface area contributed by atoms with E-state index in [1.54, 1.807) is 6.26 Å². The molecule has 0 fully saturated rings. The molecular formula is C16H20N2O3S2. The highest BCUT2D eigenvalue weighted by atomic mass is 32.1. The Morgan fingerprint density at radius 1 is 1.48 bits per heavy atom. The number of ether oxygens (including phenoxy) is 1. The van der Waals surface area contributed by atoms with E-state index in [1.165, 1.54) is 18.4 Å². The van der Waals surface area contributed by atoms with Crippen LogP contribution in [0.1, 0.15) is 35.5 Å². The standard InChI is InChI=1S/C16H20N2O3S2/c1-10(2)7-11-9-23-14(13(11)15(19)20-3)18-16(22)17-8-12-5-4-6-21-12/h4-6,9-10H,7-8H2,1-3H3,(H2,17,18,22). The van der Waals surface area contributed by atoms with E-state index >= 15 is 0 Å². The largest absolute Gasteiger partial charge is 0.467 e. The number of rotatable bonds is 6. The van der Waals surface area contributed by atoms with Gasteiger partial charge in [0, 0.05) is 0 Å². The second-order valence-corrected chi connectivity index (χ2v) is 6.73. The fourth-order valence-corrected chi connectivity index (χ4v) is 3.34. The van der Waals surface area contributed by atoms with Crippen LogP contribution in [-0.2, 0) is 17.7 Å². The Morgan fingerprint density at radius 2 is 2.26 bits per heavy atom. The van der Waals surface area contributed by atoms with E-state index in [-0.39, 0.29) is 5.97 Å². The van der Waals surface area contributed by atoms with Gasteiger partial charge in [-0.1, -0.05) is 13.8 Å². The van der Waals surface area contributed by atoms with Gasteiger partial charge in [0.15, 0.2) is 5.11 Å². The van der Waals surface area contributed by atoms with Gasteiger partial charge in [0.1, 0.15) is 10.8 Å². The highest BCUT2D eigenvalue weighted by Gasteiger charge is 2.21. The lowest BCUT2D eigenvalue weighted by molar-refractivity contribution is 0.0601. The predicted octanol–water partition coefficient (Wildman–Crippen LogP) is 3.81. The molecule has 0 aliphatic rings. The van der Waals surface area contributed by atoms with Crippen molar-refractivity contribution in [1.29, 1.82) is 0 Å². The number of furan rings is 1. The second kappa shape index (κ2) is 8.12. The summed E-state index contributed by atoms with van der Waals surface area (Å²) >= 11 is 6.73. The average Bonchev–Trinajstić information content (AvgIpc) is 3.14. The van der Waals surface area contributed by atoms with Gasteiger partial charge < -0.3 is 19.8 Å². The van der Waals surface area contributed by atoms with E-state index in [4.69, 9.17) is 21.4 Å². The maximum absolute atomic E-state index is 12.1. The normalized spacial score (nSPS) is 10.6.